The highest BCUT2D eigenvalue weighted by atomic mass is 16.3. The molecule has 5 aliphatic rings. The van der Waals surface area contributed by atoms with Gasteiger partial charge in [0.1, 0.15) is 0 Å². The van der Waals surface area contributed by atoms with Crippen LogP contribution in [0.2, 0.25) is 0 Å². The molecule has 3 fully saturated rings. The molecule has 150 valence electrons. The summed E-state index contributed by atoms with van der Waals surface area (Å²) < 4.78 is 0. The predicted octanol–water partition coefficient (Wildman–Crippen LogP) is 5.40. The molecule has 0 heterocycles. The van der Waals surface area contributed by atoms with E-state index in [2.05, 4.69) is 50.3 Å². The topological polar surface area (TPSA) is 37.3 Å². The number of allylic oxidation sites excluding steroid dienone is 7. The fourth-order valence-electron chi connectivity index (χ4n) is 7.88. The molecule has 1 N–H and O–H groups in total. The second-order valence-electron chi connectivity index (χ2n) is 10.6. The van der Waals surface area contributed by atoms with Gasteiger partial charge in [-0.15, -0.1) is 0 Å². The zero-order valence-electron chi connectivity index (χ0n) is 17.3. The first-order valence-corrected chi connectivity index (χ1v) is 11.4. The van der Waals surface area contributed by atoms with E-state index in [1.54, 1.807) is 0 Å². The van der Waals surface area contributed by atoms with Crippen molar-refractivity contribution in [2.75, 3.05) is 0 Å². The number of hydrogen-bond acceptors (Lipinski definition) is 2. The Balaban J connectivity index is 1.58. The predicted molar refractivity (Wildman–Crippen MR) is 112 cm³/mol. The van der Waals surface area contributed by atoms with E-state index >= 15 is 0 Å². The summed E-state index contributed by atoms with van der Waals surface area (Å²) in [5, 5.41) is 10.8. The minimum absolute atomic E-state index is 0.102. The van der Waals surface area contributed by atoms with Gasteiger partial charge in [0.05, 0.1) is 6.10 Å². The van der Waals surface area contributed by atoms with Crippen molar-refractivity contribution in [3.8, 4) is 0 Å². The fraction of sp³-hybridized carbons (Fsp3) is 0.654. The molecule has 28 heavy (non-hydrogen) atoms. The maximum atomic E-state index is 12.4. The van der Waals surface area contributed by atoms with Crippen molar-refractivity contribution in [1.82, 2.24) is 0 Å². The van der Waals surface area contributed by atoms with Crippen LogP contribution in [0, 0.1) is 40.4 Å². The lowest BCUT2D eigenvalue weighted by atomic mass is 9.44. The zero-order chi connectivity index (χ0) is 19.5. The summed E-state index contributed by atoms with van der Waals surface area (Å²) in [6, 6.07) is 0. The van der Waals surface area contributed by atoms with Gasteiger partial charge in [-0.05, 0) is 79.1 Å². The second-order valence-corrected chi connectivity index (χ2v) is 10.6. The minimum atomic E-state index is -0.128. The van der Waals surface area contributed by atoms with Gasteiger partial charge in [0, 0.05) is 12.3 Å². The number of carbonyl (C=O) groups excluding carboxylic acids is 1. The Kier molecular flexibility index (Phi) is 4.36. The molecule has 0 aromatic heterocycles. The van der Waals surface area contributed by atoms with Crippen molar-refractivity contribution in [2.24, 2.45) is 40.4 Å². The molecule has 0 bridgehead atoms. The molecule has 5 rings (SSSR count). The van der Waals surface area contributed by atoms with Crippen LogP contribution in [0.4, 0.5) is 0 Å². The van der Waals surface area contributed by atoms with Crippen molar-refractivity contribution < 1.29 is 9.90 Å². The standard InChI is InChI=1S/C26H34O2/c1-25-13-11-18(27)15-23(25)19(17-7-5-3-4-6-8-17)16-20-21-9-10-24(28)26(21,2)14-12-22(20)25/h3-8,15,17,19-22,24,28H,9-14,16H2,1-2H3/t19-,20+,21+,22+,24+,25-,26+/m1/s1. The van der Waals surface area contributed by atoms with Gasteiger partial charge in [-0.1, -0.05) is 55.9 Å². The van der Waals surface area contributed by atoms with E-state index < -0.39 is 0 Å². The maximum Gasteiger partial charge on any atom is 0.155 e. The third-order valence-corrected chi connectivity index (χ3v) is 9.46. The van der Waals surface area contributed by atoms with Gasteiger partial charge in [0.15, 0.2) is 5.78 Å². The Labute approximate surface area is 169 Å². The fourth-order valence-corrected chi connectivity index (χ4v) is 7.88. The monoisotopic (exact) mass is 378 g/mol. The molecule has 7 atom stereocenters. The molecule has 0 aromatic carbocycles. The Bertz CT molecular complexity index is 770. The van der Waals surface area contributed by atoms with Crippen LogP contribution in [-0.2, 0) is 4.79 Å². The largest absolute Gasteiger partial charge is 0.393 e. The lowest BCUT2D eigenvalue weighted by Gasteiger charge is -2.60. The molecule has 0 saturated heterocycles. The van der Waals surface area contributed by atoms with E-state index in [1.165, 1.54) is 24.8 Å². The Morgan fingerprint density at radius 3 is 2.46 bits per heavy atom. The van der Waals surface area contributed by atoms with Gasteiger partial charge >= 0.3 is 0 Å². The number of rotatable bonds is 1. The summed E-state index contributed by atoms with van der Waals surface area (Å²) in [6.45, 7) is 4.82. The van der Waals surface area contributed by atoms with Crippen molar-refractivity contribution in [3.63, 3.8) is 0 Å². The lowest BCUT2D eigenvalue weighted by Crippen LogP contribution is -2.53. The highest BCUT2D eigenvalue weighted by molar-refractivity contribution is 5.91. The van der Waals surface area contributed by atoms with E-state index in [9.17, 15) is 9.90 Å². The smallest absolute Gasteiger partial charge is 0.155 e. The first-order chi connectivity index (χ1) is 13.4. The normalized spacial score (nSPS) is 47.9. The molecule has 2 heteroatoms. The van der Waals surface area contributed by atoms with E-state index in [4.69, 9.17) is 0 Å². The van der Waals surface area contributed by atoms with Crippen LogP contribution in [0.5, 0.6) is 0 Å². The highest BCUT2D eigenvalue weighted by Crippen LogP contribution is 2.67. The molecular weight excluding hydrogens is 344 g/mol. The average Bonchev–Trinajstić information content (AvgIpc) is 2.86. The van der Waals surface area contributed by atoms with Crippen LogP contribution in [0.3, 0.4) is 0 Å². The number of hydrogen-bond donors (Lipinski definition) is 1. The van der Waals surface area contributed by atoms with Crippen LogP contribution >= 0.6 is 0 Å². The van der Waals surface area contributed by atoms with Gasteiger partial charge in [-0.25, -0.2) is 0 Å². The minimum Gasteiger partial charge on any atom is -0.393 e. The van der Waals surface area contributed by atoms with Gasteiger partial charge in [0.25, 0.3) is 0 Å². The number of aliphatic hydroxyl groups excluding tert-OH is 1. The SMILES string of the molecule is C[C@]12CC[C@H]3[C@@H](C[C@H](C4C=CC=CC=C4)C4=CC(=O)CC[C@@]43C)[C@@H]1CC[C@@H]2O. The molecule has 3 saturated carbocycles. The third kappa shape index (κ3) is 2.60. The molecule has 2 nitrogen and oxygen atoms in total. The average molecular weight is 379 g/mol. The molecule has 5 aliphatic carbocycles. The van der Waals surface area contributed by atoms with E-state index in [0.717, 1.165) is 19.3 Å². The van der Waals surface area contributed by atoms with Crippen molar-refractivity contribution in [2.45, 2.75) is 64.9 Å². The first kappa shape index (κ1) is 18.6. The Hall–Kier alpha value is -1.41. The summed E-state index contributed by atoms with van der Waals surface area (Å²) in [4.78, 5) is 12.4. The number of fused-ring (bicyclic) bond motifs is 5. The van der Waals surface area contributed by atoms with Crippen LogP contribution in [0.25, 0.3) is 0 Å². The van der Waals surface area contributed by atoms with Gasteiger partial charge < -0.3 is 5.11 Å². The molecule has 0 aliphatic heterocycles. The van der Waals surface area contributed by atoms with Crippen molar-refractivity contribution in [1.29, 1.82) is 0 Å². The van der Waals surface area contributed by atoms with Crippen molar-refractivity contribution in [3.05, 3.63) is 48.1 Å². The van der Waals surface area contributed by atoms with Crippen molar-refractivity contribution >= 4 is 5.78 Å². The summed E-state index contributed by atoms with van der Waals surface area (Å²) in [5.74, 6) is 3.09. The zero-order valence-corrected chi connectivity index (χ0v) is 17.3. The van der Waals surface area contributed by atoms with Gasteiger partial charge in [0.2, 0.25) is 0 Å². The first-order valence-electron chi connectivity index (χ1n) is 11.4. The summed E-state index contributed by atoms with van der Waals surface area (Å²) in [6.07, 6.45) is 22.5. The molecule has 0 amide bonds. The Morgan fingerprint density at radius 2 is 1.71 bits per heavy atom. The molecule has 0 spiro atoms. The van der Waals surface area contributed by atoms with Crippen LogP contribution in [-0.4, -0.2) is 17.0 Å². The maximum absolute atomic E-state index is 12.4. The third-order valence-electron chi connectivity index (χ3n) is 9.46. The number of ketones is 1. The van der Waals surface area contributed by atoms with Crippen LogP contribution < -0.4 is 0 Å². The highest BCUT2D eigenvalue weighted by Gasteiger charge is 2.60. The summed E-state index contributed by atoms with van der Waals surface area (Å²) in [7, 11) is 0. The van der Waals surface area contributed by atoms with E-state index in [1.807, 2.05) is 6.08 Å². The van der Waals surface area contributed by atoms with Crippen LogP contribution in [0.15, 0.2) is 48.1 Å². The van der Waals surface area contributed by atoms with Gasteiger partial charge in [-0.2, -0.15) is 0 Å². The molecule has 0 aromatic rings. The van der Waals surface area contributed by atoms with E-state index in [0.29, 0.717) is 41.8 Å². The van der Waals surface area contributed by atoms with Gasteiger partial charge in [-0.3, -0.25) is 4.79 Å². The molecular formula is C26H34O2. The van der Waals surface area contributed by atoms with Crippen LogP contribution in [0.1, 0.15) is 58.8 Å². The number of aliphatic hydroxyl groups is 1. The quantitative estimate of drug-likeness (QED) is 0.663. The van der Waals surface area contributed by atoms with E-state index in [-0.39, 0.29) is 16.9 Å². The number of carbonyl (C=O) groups is 1. The lowest BCUT2D eigenvalue weighted by molar-refractivity contribution is -0.119. The molecule has 0 radical (unpaired) electrons. The molecule has 0 unspecified atom stereocenters. The Morgan fingerprint density at radius 1 is 0.964 bits per heavy atom. The summed E-state index contributed by atoms with van der Waals surface area (Å²) >= 11 is 0. The summed E-state index contributed by atoms with van der Waals surface area (Å²) in [5.41, 5.74) is 1.69. The second kappa shape index (κ2) is 6.55.